The molecule has 0 saturated heterocycles. The van der Waals surface area contributed by atoms with E-state index in [1.165, 1.54) is 0 Å². The second-order valence-electron chi connectivity index (χ2n) is 4.90. The average molecular weight is 369 g/mol. The van der Waals surface area contributed by atoms with Crippen LogP contribution in [0.4, 0.5) is 5.69 Å². The van der Waals surface area contributed by atoms with Crippen LogP contribution in [0.3, 0.4) is 0 Å². The molecule has 0 radical (unpaired) electrons. The molecule has 0 aromatic heterocycles. The number of rotatable bonds is 4. The van der Waals surface area contributed by atoms with Crippen molar-refractivity contribution in [2.45, 2.75) is 24.8 Å². The minimum absolute atomic E-state index is 0.124. The predicted octanol–water partition coefficient (Wildman–Crippen LogP) is 3.58. The van der Waals surface area contributed by atoms with Crippen LogP contribution in [-0.4, -0.2) is 8.42 Å². The Balaban J connectivity index is 2.32. The van der Waals surface area contributed by atoms with Crippen LogP contribution in [0.25, 0.3) is 0 Å². The molecule has 0 spiro atoms. The summed E-state index contributed by atoms with van der Waals surface area (Å²) in [6.45, 7) is 3.75. The number of aryl methyl sites for hydroxylation is 1. The van der Waals surface area contributed by atoms with Gasteiger partial charge in [0.15, 0.2) is 0 Å². The zero-order valence-corrected chi connectivity index (χ0v) is 14.2. The maximum atomic E-state index is 12.4. The molecule has 0 saturated carbocycles. The molecule has 4 nitrogen and oxygen atoms in total. The Bertz CT molecular complexity index is 741. The molecule has 1 unspecified atom stereocenters. The molecular weight excluding hydrogens is 352 g/mol. The van der Waals surface area contributed by atoms with E-state index in [0.29, 0.717) is 5.69 Å². The average Bonchev–Trinajstić information content (AvgIpc) is 2.44. The molecular formula is C15H17BrN2O2S. The van der Waals surface area contributed by atoms with Gasteiger partial charge in [0.1, 0.15) is 0 Å². The first kappa shape index (κ1) is 16.0. The fraction of sp³-hybridized carbons (Fsp3) is 0.200. The summed E-state index contributed by atoms with van der Waals surface area (Å²) in [5, 5.41) is 0. The minimum atomic E-state index is -3.62. The first-order chi connectivity index (χ1) is 9.81. The summed E-state index contributed by atoms with van der Waals surface area (Å²) in [6.07, 6.45) is 0. The van der Waals surface area contributed by atoms with Crippen molar-refractivity contribution in [1.29, 1.82) is 0 Å². The summed E-state index contributed by atoms with van der Waals surface area (Å²) in [6, 6.07) is 11.9. The van der Waals surface area contributed by atoms with Gasteiger partial charge >= 0.3 is 0 Å². The van der Waals surface area contributed by atoms with Crippen LogP contribution in [0.2, 0.25) is 0 Å². The van der Waals surface area contributed by atoms with Gasteiger partial charge in [-0.15, -0.1) is 0 Å². The molecule has 0 aliphatic carbocycles. The molecule has 0 bridgehead atoms. The van der Waals surface area contributed by atoms with Crippen molar-refractivity contribution in [2.24, 2.45) is 5.73 Å². The quantitative estimate of drug-likeness (QED) is 0.865. The van der Waals surface area contributed by atoms with Crippen LogP contribution in [0.1, 0.15) is 24.1 Å². The number of hydrogen-bond acceptors (Lipinski definition) is 3. The Morgan fingerprint density at radius 2 is 1.76 bits per heavy atom. The van der Waals surface area contributed by atoms with Crippen LogP contribution in [0.5, 0.6) is 0 Å². The fourth-order valence-electron chi connectivity index (χ4n) is 1.88. The summed E-state index contributed by atoms with van der Waals surface area (Å²) < 4.78 is 28.1. The highest BCUT2D eigenvalue weighted by Gasteiger charge is 2.16. The fourth-order valence-corrected chi connectivity index (χ4v) is 3.45. The Morgan fingerprint density at radius 1 is 1.14 bits per heavy atom. The van der Waals surface area contributed by atoms with Gasteiger partial charge in [0.05, 0.1) is 10.6 Å². The van der Waals surface area contributed by atoms with Gasteiger partial charge in [-0.2, -0.15) is 0 Å². The minimum Gasteiger partial charge on any atom is -0.324 e. The van der Waals surface area contributed by atoms with Crippen molar-refractivity contribution >= 4 is 31.6 Å². The first-order valence-electron chi connectivity index (χ1n) is 6.45. The second kappa shape index (κ2) is 6.17. The van der Waals surface area contributed by atoms with E-state index >= 15 is 0 Å². The number of halogens is 1. The molecule has 6 heteroatoms. The third-order valence-electron chi connectivity index (χ3n) is 3.15. The second-order valence-corrected chi connectivity index (χ2v) is 7.38. The van der Waals surface area contributed by atoms with Crippen molar-refractivity contribution in [3.8, 4) is 0 Å². The summed E-state index contributed by atoms with van der Waals surface area (Å²) in [4.78, 5) is 0.209. The van der Waals surface area contributed by atoms with Crippen molar-refractivity contribution in [3.05, 3.63) is 58.1 Å². The topological polar surface area (TPSA) is 72.2 Å². The SMILES string of the molecule is Cc1cccc(NS(=O)(=O)c2ccc(C(C)N)cc2)c1Br. The molecule has 3 N–H and O–H groups in total. The number of hydrogen-bond donors (Lipinski definition) is 2. The number of anilines is 1. The largest absolute Gasteiger partial charge is 0.324 e. The van der Waals surface area contributed by atoms with E-state index in [9.17, 15) is 8.42 Å². The summed E-state index contributed by atoms with van der Waals surface area (Å²) >= 11 is 3.39. The standard InChI is InChI=1S/C15H17BrN2O2S/c1-10-4-3-5-14(15(10)16)18-21(19,20)13-8-6-12(7-9-13)11(2)17/h3-9,11,18H,17H2,1-2H3. The van der Waals surface area contributed by atoms with Gasteiger partial charge < -0.3 is 5.73 Å². The lowest BCUT2D eigenvalue weighted by Crippen LogP contribution is -2.14. The predicted molar refractivity (Wildman–Crippen MR) is 88.7 cm³/mol. The lowest BCUT2D eigenvalue weighted by molar-refractivity contribution is 0.601. The van der Waals surface area contributed by atoms with Crippen molar-refractivity contribution < 1.29 is 8.42 Å². The molecule has 0 fully saturated rings. The van der Waals surface area contributed by atoms with Gasteiger partial charge in [-0.25, -0.2) is 8.42 Å². The molecule has 0 aliphatic rings. The van der Waals surface area contributed by atoms with Gasteiger partial charge in [0.2, 0.25) is 0 Å². The zero-order valence-electron chi connectivity index (χ0n) is 11.8. The molecule has 2 rings (SSSR count). The van der Waals surface area contributed by atoms with Crippen LogP contribution in [0, 0.1) is 6.92 Å². The molecule has 112 valence electrons. The normalized spacial score (nSPS) is 13.0. The lowest BCUT2D eigenvalue weighted by atomic mass is 10.1. The van der Waals surface area contributed by atoms with E-state index in [1.54, 1.807) is 36.4 Å². The summed E-state index contributed by atoms with van der Waals surface area (Å²) in [5.41, 5.74) is 8.14. The van der Waals surface area contributed by atoms with E-state index in [2.05, 4.69) is 20.7 Å². The van der Waals surface area contributed by atoms with Crippen molar-refractivity contribution in [3.63, 3.8) is 0 Å². The molecule has 0 amide bonds. The molecule has 0 aliphatic heterocycles. The van der Waals surface area contributed by atoms with Crippen molar-refractivity contribution in [2.75, 3.05) is 4.72 Å². The number of benzene rings is 2. The Labute approximate surface area is 133 Å². The maximum Gasteiger partial charge on any atom is 0.261 e. The number of nitrogens with one attached hydrogen (secondary N) is 1. The molecule has 1 atom stereocenters. The Hall–Kier alpha value is -1.37. The van der Waals surface area contributed by atoms with Gasteiger partial charge in [-0.1, -0.05) is 24.3 Å². The molecule has 21 heavy (non-hydrogen) atoms. The van der Waals surface area contributed by atoms with Gasteiger partial charge in [-0.05, 0) is 59.1 Å². The molecule has 0 heterocycles. The maximum absolute atomic E-state index is 12.4. The van der Waals surface area contributed by atoms with Gasteiger partial charge in [-0.3, -0.25) is 4.72 Å². The zero-order chi connectivity index (χ0) is 15.6. The van der Waals surface area contributed by atoms with E-state index in [1.807, 2.05) is 19.9 Å². The Kier molecular flexibility index (Phi) is 4.70. The monoisotopic (exact) mass is 368 g/mol. The van der Waals surface area contributed by atoms with Crippen molar-refractivity contribution in [1.82, 2.24) is 0 Å². The third kappa shape index (κ3) is 3.64. The molecule has 2 aromatic rings. The van der Waals surface area contributed by atoms with Crippen LogP contribution < -0.4 is 10.5 Å². The summed E-state index contributed by atoms with van der Waals surface area (Å²) in [7, 11) is -3.62. The van der Waals surface area contributed by atoms with E-state index < -0.39 is 10.0 Å². The Morgan fingerprint density at radius 3 is 2.33 bits per heavy atom. The smallest absolute Gasteiger partial charge is 0.261 e. The van der Waals surface area contributed by atoms with Gasteiger partial charge in [0.25, 0.3) is 10.0 Å². The summed E-state index contributed by atoms with van der Waals surface area (Å²) in [5.74, 6) is 0. The number of nitrogens with two attached hydrogens (primary N) is 1. The van der Waals surface area contributed by atoms with Crippen LogP contribution >= 0.6 is 15.9 Å². The number of sulfonamides is 1. The highest BCUT2D eigenvalue weighted by molar-refractivity contribution is 9.10. The molecule has 2 aromatic carbocycles. The van der Waals surface area contributed by atoms with E-state index in [0.717, 1.165) is 15.6 Å². The highest BCUT2D eigenvalue weighted by Crippen LogP contribution is 2.28. The van der Waals surface area contributed by atoms with E-state index in [4.69, 9.17) is 5.73 Å². The first-order valence-corrected chi connectivity index (χ1v) is 8.72. The third-order valence-corrected chi connectivity index (χ3v) is 5.59. The van der Waals surface area contributed by atoms with E-state index in [-0.39, 0.29) is 10.9 Å². The van der Waals surface area contributed by atoms with Crippen LogP contribution in [-0.2, 0) is 10.0 Å². The lowest BCUT2D eigenvalue weighted by Gasteiger charge is -2.12. The van der Waals surface area contributed by atoms with Gasteiger partial charge in [0, 0.05) is 10.5 Å². The van der Waals surface area contributed by atoms with Crippen LogP contribution in [0.15, 0.2) is 51.8 Å². The highest BCUT2D eigenvalue weighted by atomic mass is 79.9.